The summed E-state index contributed by atoms with van der Waals surface area (Å²) in [5.74, 6) is -4.15. The van der Waals surface area contributed by atoms with E-state index in [0.29, 0.717) is 6.07 Å². The minimum atomic E-state index is -5.02. The van der Waals surface area contributed by atoms with E-state index in [2.05, 4.69) is 0 Å². The molecule has 0 bridgehead atoms. The summed E-state index contributed by atoms with van der Waals surface area (Å²) in [4.78, 5) is 0. The average Bonchev–Trinajstić information content (AvgIpc) is 2.61. The molecule has 1 atom stereocenters. The van der Waals surface area contributed by atoms with Crippen LogP contribution in [0.15, 0.2) is 36.4 Å². The van der Waals surface area contributed by atoms with Crippen molar-refractivity contribution in [3.8, 4) is 6.07 Å². The molecule has 0 saturated heterocycles. The number of benzene rings is 2. The molecule has 0 N–H and O–H groups in total. The van der Waals surface area contributed by atoms with Crippen LogP contribution in [0.1, 0.15) is 28.2 Å². The number of halogens is 10. The van der Waals surface area contributed by atoms with Gasteiger partial charge in [-0.1, -0.05) is 40.9 Å². The Morgan fingerprint density at radius 3 is 1.97 bits per heavy atom. The molecule has 11 heteroatoms. The van der Waals surface area contributed by atoms with Crippen molar-refractivity contribution >= 4 is 40.6 Å². The number of hydrogen-bond donors (Lipinski definition) is 0. The maximum atomic E-state index is 14.5. The van der Waals surface area contributed by atoms with Crippen molar-refractivity contribution in [3.63, 3.8) is 0 Å². The van der Waals surface area contributed by atoms with Gasteiger partial charge in [0.05, 0.1) is 32.3 Å². The molecular weight excluding hydrogens is 470 g/mol. The first-order chi connectivity index (χ1) is 13.3. The van der Waals surface area contributed by atoms with Crippen LogP contribution in [0, 0.1) is 11.3 Å². The van der Waals surface area contributed by atoms with Crippen molar-refractivity contribution in [2.45, 2.75) is 18.3 Å². The van der Waals surface area contributed by atoms with Crippen molar-refractivity contribution in [1.82, 2.24) is 0 Å². The minimum absolute atomic E-state index is 0.0947. The van der Waals surface area contributed by atoms with Gasteiger partial charge < -0.3 is 0 Å². The van der Waals surface area contributed by atoms with Gasteiger partial charge in [-0.2, -0.15) is 31.6 Å². The van der Waals surface area contributed by atoms with Crippen LogP contribution >= 0.6 is 34.8 Å². The number of rotatable bonds is 3. The van der Waals surface area contributed by atoms with Crippen LogP contribution in [-0.2, 0) is 6.18 Å². The zero-order valence-corrected chi connectivity index (χ0v) is 16.0. The summed E-state index contributed by atoms with van der Waals surface area (Å²) in [5, 5.41) is 7.92. The van der Waals surface area contributed by atoms with Crippen molar-refractivity contribution in [3.05, 3.63) is 73.7 Å². The van der Waals surface area contributed by atoms with E-state index in [1.165, 1.54) is 6.07 Å². The Hall–Kier alpha value is -1.95. The van der Waals surface area contributed by atoms with Crippen LogP contribution in [0.25, 0.3) is 5.83 Å². The molecule has 0 radical (unpaired) electrons. The van der Waals surface area contributed by atoms with Crippen molar-refractivity contribution in [1.29, 1.82) is 5.26 Å². The van der Waals surface area contributed by atoms with E-state index in [9.17, 15) is 30.7 Å². The third-order valence-corrected chi connectivity index (χ3v) is 4.95. The maximum Gasteiger partial charge on any atom is 0.417 e. The number of nitriles is 1. The molecule has 0 aliphatic rings. The fourth-order valence-corrected chi connectivity index (χ4v) is 3.01. The molecule has 154 valence electrons. The van der Waals surface area contributed by atoms with Crippen molar-refractivity contribution < 1.29 is 30.7 Å². The highest BCUT2D eigenvalue weighted by Crippen LogP contribution is 2.42. The van der Waals surface area contributed by atoms with Crippen molar-refractivity contribution in [2.75, 3.05) is 0 Å². The molecule has 0 spiro atoms. The van der Waals surface area contributed by atoms with Gasteiger partial charge in [0.25, 0.3) is 0 Å². The van der Waals surface area contributed by atoms with Crippen molar-refractivity contribution in [2.24, 2.45) is 0 Å². The summed E-state index contributed by atoms with van der Waals surface area (Å²) in [6, 6.07) is 4.66. The zero-order valence-electron chi connectivity index (χ0n) is 13.8. The molecule has 2 aromatic rings. The molecule has 0 fully saturated rings. The molecule has 29 heavy (non-hydrogen) atoms. The molecule has 2 aromatic carbocycles. The Morgan fingerprint density at radius 1 is 0.966 bits per heavy atom. The smallest absolute Gasteiger partial charge is 0.207 e. The highest BCUT2D eigenvalue weighted by molar-refractivity contribution is 6.48. The number of allylic oxidation sites excluding steroid dienone is 1. The van der Waals surface area contributed by atoms with E-state index in [1.54, 1.807) is 0 Å². The van der Waals surface area contributed by atoms with Gasteiger partial charge in [-0.25, -0.2) is 4.39 Å². The summed E-state index contributed by atoms with van der Waals surface area (Å²) < 4.78 is 94.0. The second-order valence-corrected chi connectivity index (χ2v) is 6.89. The predicted molar refractivity (Wildman–Crippen MR) is 95.5 cm³/mol. The van der Waals surface area contributed by atoms with E-state index in [1.807, 2.05) is 0 Å². The number of hydrogen-bond acceptors (Lipinski definition) is 1. The SMILES string of the molecule is N#Cc1ccc(C(F)=CC(c2cc(Cl)c(Cl)c(Cl)c2)C(F)(F)F)cc1C(F)(F)F. The van der Waals surface area contributed by atoms with Gasteiger partial charge in [-0.05, 0) is 35.9 Å². The fraction of sp³-hybridized carbons (Fsp3) is 0.167. The van der Waals surface area contributed by atoms with Gasteiger partial charge in [0.15, 0.2) is 0 Å². The van der Waals surface area contributed by atoms with Crippen LogP contribution in [0.5, 0.6) is 0 Å². The van der Waals surface area contributed by atoms with Gasteiger partial charge >= 0.3 is 12.4 Å². The van der Waals surface area contributed by atoms with E-state index in [-0.39, 0.29) is 27.2 Å². The van der Waals surface area contributed by atoms with Crippen LogP contribution in [0.2, 0.25) is 15.1 Å². The predicted octanol–water partition coefficient (Wildman–Crippen LogP) is 8.19. The average molecular weight is 477 g/mol. The third-order valence-electron chi connectivity index (χ3n) is 3.75. The first-order valence-corrected chi connectivity index (χ1v) is 8.59. The highest BCUT2D eigenvalue weighted by atomic mass is 35.5. The van der Waals surface area contributed by atoms with E-state index >= 15 is 0 Å². The Bertz CT molecular complexity index is 981. The van der Waals surface area contributed by atoms with E-state index in [4.69, 9.17) is 40.1 Å². The lowest BCUT2D eigenvalue weighted by Crippen LogP contribution is -2.19. The first-order valence-electron chi connectivity index (χ1n) is 7.46. The normalized spacial score (nSPS) is 13.9. The Kier molecular flexibility index (Phi) is 6.78. The molecule has 1 unspecified atom stereocenters. The van der Waals surface area contributed by atoms with Crippen LogP contribution in [-0.4, -0.2) is 6.18 Å². The number of alkyl halides is 6. The lowest BCUT2D eigenvalue weighted by molar-refractivity contribution is -0.140. The molecule has 0 heterocycles. The largest absolute Gasteiger partial charge is 0.417 e. The monoisotopic (exact) mass is 475 g/mol. The molecular formula is C18H7Cl3F7N. The van der Waals surface area contributed by atoms with Gasteiger partial charge in [0, 0.05) is 5.56 Å². The molecule has 0 saturated carbocycles. The molecule has 0 aliphatic carbocycles. The molecule has 0 aromatic heterocycles. The van der Waals surface area contributed by atoms with Gasteiger partial charge in [0.2, 0.25) is 0 Å². The molecule has 0 aliphatic heterocycles. The Balaban J connectivity index is 2.60. The second-order valence-electron chi connectivity index (χ2n) is 5.70. The lowest BCUT2D eigenvalue weighted by atomic mass is 9.95. The lowest BCUT2D eigenvalue weighted by Gasteiger charge is -2.19. The van der Waals surface area contributed by atoms with E-state index in [0.717, 1.165) is 18.2 Å². The van der Waals surface area contributed by atoms with Crippen LogP contribution < -0.4 is 0 Å². The summed E-state index contributed by atoms with van der Waals surface area (Å²) in [7, 11) is 0. The molecule has 0 amide bonds. The second kappa shape index (κ2) is 8.42. The minimum Gasteiger partial charge on any atom is -0.207 e. The first kappa shape index (κ1) is 23.3. The Labute approximate surface area is 174 Å². The fourth-order valence-electron chi connectivity index (χ4n) is 2.40. The quantitative estimate of drug-likeness (QED) is 0.324. The summed E-state index contributed by atoms with van der Waals surface area (Å²) in [6.07, 6.45) is -9.92. The van der Waals surface area contributed by atoms with Gasteiger partial charge in [0.1, 0.15) is 11.7 Å². The highest BCUT2D eigenvalue weighted by Gasteiger charge is 2.40. The zero-order chi connectivity index (χ0) is 22.1. The van der Waals surface area contributed by atoms with E-state index < -0.39 is 46.4 Å². The van der Waals surface area contributed by atoms with Gasteiger partial charge in [-0.3, -0.25) is 0 Å². The van der Waals surface area contributed by atoms with Crippen LogP contribution in [0.3, 0.4) is 0 Å². The third kappa shape index (κ3) is 5.35. The standard InChI is InChI=1S/C18H7Cl3F7N/c19-13-4-10(5-14(20)16(13)21)12(18(26,27)28)6-15(22)8-1-2-9(7-29)11(3-8)17(23,24)25/h1-6,12H. The number of nitrogens with zero attached hydrogens (tertiary/aromatic N) is 1. The summed E-state index contributed by atoms with van der Waals surface area (Å²) in [5.41, 5.74) is -3.60. The molecule has 2 rings (SSSR count). The summed E-state index contributed by atoms with van der Waals surface area (Å²) in [6.45, 7) is 0. The van der Waals surface area contributed by atoms with Crippen LogP contribution in [0.4, 0.5) is 30.7 Å². The molecule has 1 nitrogen and oxygen atoms in total. The Morgan fingerprint density at radius 2 is 1.52 bits per heavy atom. The van der Waals surface area contributed by atoms with Gasteiger partial charge in [-0.15, -0.1) is 0 Å². The topological polar surface area (TPSA) is 23.8 Å². The summed E-state index contributed by atoms with van der Waals surface area (Å²) >= 11 is 17.1. The maximum absolute atomic E-state index is 14.5.